The van der Waals surface area contributed by atoms with Crippen LogP contribution >= 0.6 is 0 Å². The van der Waals surface area contributed by atoms with Gasteiger partial charge >= 0.3 is 6.18 Å². The summed E-state index contributed by atoms with van der Waals surface area (Å²) in [6.45, 7) is 3.05. The summed E-state index contributed by atoms with van der Waals surface area (Å²) in [6.07, 6.45) is -1.44. The maximum absolute atomic E-state index is 12.9. The zero-order valence-electron chi connectivity index (χ0n) is 11.4. The standard InChI is InChI=1S/C12H15F3N6/c1-2-21-7-8(6-18-21)9-5-10(12(13,14)15)20-11(19-9)17-4-3-16/h5-7H,2-4,16H2,1H3,(H,17,19,20). The van der Waals surface area contributed by atoms with Gasteiger partial charge in [0.1, 0.15) is 0 Å². The summed E-state index contributed by atoms with van der Waals surface area (Å²) in [5.41, 5.74) is 4.98. The first kappa shape index (κ1) is 15.2. The van der Waals surface area contributed by atoms with E-state index in [1.807, 2.05) is 6.92 Å². The number of aromatic nitrogens is 4. The minimum Gasteiger partial charge on any atom is -0.353 e. The second-order valence-corrected chi connectivity index (χ2v) is 4.26. The summed E-state index contributed by atoms with van der Waals surface area (Å²) >= 11 is 0. The Bertz CT molecular complexity index is 607. The highest BCUT2D eigenvalue weighted by atomic mass is 19.4. The van der Waals surface area contributed by atoms with E-state index in [1.54, 1.807) is 10.9 Å². The van der Waals surface area contributed by atoms with Crippen LogP contribution < -0.4 is 11.1 Å². The third-order valence-corrected chi connectivity index (χ3v) is 2.70. The van der Waals surface area contributed by atoms with E-state index in [0.29, 0.717) is 12.1 Å². The summed E-state index contributed by atoms with van der Waals surface area (Å²) in [4.78, 5) is 7.54. The van der Waals surface area contributed by atoms with Crippen molar-refractivity contribution in [3.05, 3.63) is 24.2 Å². The number of alkyl halides is 3. The van der Waals surface area contributed by atoms with Crippen LogP contribution in [-0.2, 0) is 12.7 Å². The number of aryl methyl sites for hydroxylation is 1. The number of hydrogen-bond donors (Lipinski definition) is 2. The predicted octanol–water partition coefficient (Wildman–Crippen LogP) is 1.75. The largest absolute Gasteiger partial charge is 0.433 e. The molecular formula is C12H15F3N6. The van der Waals surface area contributed by atoms with E-state index in [2.05, 4.69) is 20.4 Å². The average molecular weight is 300 g/mol. The Morgan fingerprint density at radius 2 is 2.10 bits per heavy atom. The molecule has 0 unspecified atom stereocenters. The van der Waals surface area contributed by atoms with Crippen molar-refractivity contribution in [2.45, 2.75) is 19.6 Å². The van der Waals surface area contributed by atoms with Gasteiger partial charge in [-0.2, -0.15) is 18.3 Å². The number of nitrogens with two attached hydrogens (primary N) is 1. The molecule has 2 aromatic rings. The Hall–Kier alpha value is -2.16. The quantitative estimate of drug-likeness (QED) is 0.879. The van der Waals surface area contributed by atoms with Crippen LogP contribution in [0.4, 0.5) is 19.1 Å². The number of halogens is 3. The molecular weight excluding hydrogens is 285 g/mol. The van der Waals surface area contributed by atoms with Gasteiger partial charge in [0.2, 0.25) is 5.95 Å². The third kappa shape index (κ3) is 3.69. The maximum Gasteiger partial charge on any atom is 0.433 e. The molecule has 0 aliphatic rings. The van der Waals surface area contributed by atoms with Gasteiger partial charge in [0.15, 0.2) is 5.69 Å². The van der Waals surface area contributed by atoms with E-state index < -0.39 is 11.9 Å². The molecule has 3 N–H and O–H groups in total. The second kappa shape index (κ2) is 6.08. The first-order valence-corrected chi connectivity index (χ1v) is 6.37. The van der Waals surface area contributed by atoms with Crippen LogP contribution in [0.15, 0.2) is 18.5 Å². The SMILES string of the molecule is CCn1cc(-c2cc(C(F)(F)F)nc(NCCN)n2)cn1. The molecule has 0 bridgehead atoms. The van der Waals surface area contributed by atoms with E-state index in [9.17, 15) is 13.2 Å². The fraction of sp³-hybridized carbons (Fsp3) is 0.417. The van der Waals surface area contributed by atoms with Crippen molar-refractivity contribution in [3.8, 4) is 11.3 Å². The summed E-state index contributed by atoms with van der Waals surface area (Å²) in [7, 11) is 0. The molecule has 0 aromatic carbocycles. The van der Waals surface area contributed by atoms with Gasteiger partial charge in [-0.3, -0.25) is 4.68 Å². The molecule has 114 valence electrons. The van der Waals surface area contributed by atoms with Crippen molar-refractivity contribution in [1.29, 1.82) is 0 Å². The van der Waals surface area contributed by atoms with Crippen LogP contribution in [0.25, 0.3) is 11.3 Å². The summed E-state index contributed by atoms with van der Waals surface area (Å²) < 4.78 is 40.3. The highest BCUT2D eigenvalue weighted by Gasteiger charge is 2.33. The molecule has 2 rings (SSSR count). The van der Waals surface area contributed by atoms with E-state index in [-0.39, 0.29) is 24.7 Å². The van der Waals surface area contributed by atoms with E-state index in [1.165, 1.54) is 6.20 Å². The highest BCUT2D eigenvalue weighted by molar-refractivity contribution is 5.59. The summed E-state index contributed by atoms with van der Waals surface area (Å²) in [5, 5.41) is 6.69. The van der Waals surface area contributed by atoms with Crippen molar-refractivity contribution in [2.75, 3.05) is 18.4 Å². The Balaban J connectivity index is 2.43. The maximum atomic E-state index is 12.9. The highest BCUT2D eigenvalue weighted by Crippen LogP contribution is 2.30. The zero-order chi connectivity index (χ0) is 15.5. The molecule has 0 aliphatic heterocycles. The fourth-order valence-electron chi connectivity index (χ4n) is 1.67. The molecule has 0 saturated carbocycles. The van der Waals surface area contributed by atoms with Crippen LogP contribution in [0, 0.1) is 0 Å². The lowest BCUT2D eigenvalue weighted by Gasteiger charge is -2.10. The Kier molecular flexibility index (Phi) is 4.41. The molecule has 0 fully saturated rings. The van der Waals surface area contributed by atoms with Gasteiger partial charge in [-0.05, 0) is 13.0 Å². The Morgan fingerprint density at radius 1 is 1.33 bits per heavy atom. The van der Waals surface area contributed by atoms with Gasteiger partial charge < -0.3 is 11.1 Å². The normalized spacial score (nSPS) is 11.7. The fourth-order valence-corrected chi connectivity index (χ4v) is 1.67. The summed E-state index contributed by atoms with van der Waals surface area (Å²) in [5.74, 6) is -0.102. The van der Waals surface area contributed by atoms with Gasteiger partial charge in [0.25, 0.3) is 0 Å². The number of rotatable bonds is 5. The minimum absolute atomic E-state index is 0.102. The molecule has 0 aliphatic carbocycles. The van der Waals surface area contributed by atoms with Crippen LogP contribution in [0.5, 0.6) is 0 Å². The van der Waals surface area contributed by atoms with Crippen LogP contribution in [-0.4, -0.2) is 32.8 Å². The molecule has 0 radical (unpaired) electrons. The van der Waals surface area contributed by atoms with Crippen LogP contribution in [0.2, 0.25) is 0 Å². The molecule has 0 spiro atoms. The molecule has 6 nitrogen and oxygen atoms in total. The molecule has 0 amide bonds. The molecule has 9 heteroatoms. The van der Waals surface area contributed by atoms with Crippen molar-refractivity contribution in [3.63, 3.8) is 0 Å². The van der Waals surface area contributed by atoms with E-state index in [4.69, 9.17) is 5.73 Å². The summed E-state index contributed by atoms with van der Waals surface area (Å²) in [6, 6.07) is 0.907. The number of nitrogens with zero attached hydrogens (tertiary/aromatic N) is 4. The molecule has 2 heterocycles. The number of anilines is 1. The van der Waals surface area contributed by atoms with Gasteiger partial charge in [-0.1, -0.05) is 0 Å². The molecule has 2 aromatic heterocycles. The van der Waals surface area contributed by atoms with Gasteiger partial charge in [-0.25, -0.2) is 9.97 Å². The van der Waals surface area contributed by atoms with E-state index in [0.717, 1.165) is 6.07 Å². The van der Waals surface area contributed by atoms with Crippen LogP contribution in [0.1, 0.15) is 12.6 Å². The Morgan fingerprint density at radius 3 is 2.67 bits per heavy atom. The van der Waals surface area contributed by atoms with Gasteiger partial charge in [0, 0.05) is 31.4 Å². The lowest BCUT2D eigenvalue weighted by Crippen LogP contribution is -2.17. The topological polar surface area (TPSA) is 81.7 Å². The van der Waals surface area contributed by atoms with Crippen molar-refractivity contribution < 1.29 is 13.2 Å². The van der Waals surface area contributed by atoms with Crippen LogP contribution in [0.3, 0.4) is 0 Å². The minimum atomic E-state index is -4.54. The molecule has 0 atom stereocenters. The number of hydrogen-bond acceptors (Lipinski definition) is 5. The zero-order valence-corrected chi connectivity index (χ0v) is 11.4. The van der Waals surface area contributed by atoms with Gasteiger partial charge in [0.05, 0.1) is 11.9 Å². The first-order chi connectivity index (χ1) is 9.94. The first-order valence-electron chi connectivity index (χ1n) is 6.37. The average Bonchev–Trinajstić information content (AvgIpc) is 2.93. The third-order valence-electron chi connectivity index (χ3n) is 2.70. The van der Waals surface area contributed by atoms with Crippen molar-refractivity contribution in [1.82, 2.24) is 19.7 Å². The van der Waals surface area contributed by atoms with Gasteiger partial charge in [-0.15, -0.1) is 0 Å². The Labute approximate surface area is 119 Å². The van der Waals surface area contributed by atoms with E-state index >= 15 is 0 Å². The lowest BCUT2D eigenvalue weighted by molar-refractivity contribution is -0.141. The van der Waals surface area contributed by atoms with Crippen molar-refractivity contribution in [2.24, 2.45) is 5.73 Å². The lowest BCUT2D eigenvalue weighted by atomic mass is 10.2. The molecule has 21 heavy (non-hydrogen) atoms. The monoisotopic (exact) mass is 300 g/mol. The number of nitrogens with one attached hydrogen (secondary N) is 1. The predicted molar refractivity (Wildman–Crippen MR) is 71.5 cm³/mol. The second-order valence-electron chi connectivity index (χ2n) is 4.26. The smallest absolute Gasteiger partial charge is 0.353 e. The molecule has 0 saturated heterocycles. The van der Waals surface area contributed by atoms with Crippen molar-refractivity contribution >= 4 is 5.95 Å².